The lowest BCUT2D eigenvalue weighted by atomic mass is 9.62. The van der Waals surface area contributed by atoms with E-state index in [9.17, 15) is 0 Å². The van der Waals surface area contributed by atoms with Crippen molar-refractivity contribution in [1.29, 1.82) is 0 Å². The molecule has 4 heteroatoms. The largest absolute Gasteiger partial charge is 0.136 e. The van der Waals surface area contributed by atoms with Gasteiger partial charge in [0.15, 0.2) is 0 Å². The average molecular weight is 406 g/mol. The standard InChI is InChI=1S/C20H24Cl4/c1-7-13-14(8-2)18(12(6)20(18,23)24)16(10-4)15(9-3)17(13)11(5)19(17,21)22/h7-12H,1-6H3/b13-7-,14-8+,15-9+,16-10-/t11-,12+,17?,18?. The van der Waals surface area contributed by atoms with Gasteiger partial charge in [0, 0.05) is 11.8 Å². The Balaban J connectivity index is 2.38. The van der Waals surface area contributed by atoms with Gasteiger partial charge in [-0.3, -0.25) is 0 Å². The first-order valence-electron chi connectivity index (χ1n) is 8.53. The minimum Gasteiger partial charge on any atom is -0.0999 e. The average Bonchev–Trinajstić information content (AvgIpc) is 3.18. The molecule has 3 aliphatic rings. The van der Waals surface area contributed by atoms with Crippen LogP contribution in [-0.4, -0.2) is 8.67 Å². The van der Waals surface area contributed by atoms with Crippen LogP contribution >= 0.6 is 46.4 Å². The van der Waals surface area contributed by atoms with Gasteiger partial charge in [-0.25, -0.2) is 0 Å². The summed E-state index contributed by atoms with van der Waals surface area (Å²) in [6.45, 7) is 12.4. The summed E-state index contributed by atoms with van der Waals surface area (Å²) in [6, 6.07) is 0. The van der Waals surface area contributed by atoms with Gasteiger partial charge in [-0.1, -0.05) is 84.6 Å². The molecule has 0 aromatic heterocycles. The monoisotopic (exact) mass is 404 g/mol. The van der Waals surface area contributed by atoms with Crippen LogP contribution in [0, 0.1) is 22.7 Å². The molecule has 2 spiro atoms. The van der Waals surface area contributed by atoms with Crippen molar-refractivity contribution in [3.8, 4) is 0 Å². The third-order valence-corrected chi connectivity index (χ3v) is 9.21. The molecule has 3 fully saturated rings. The Morgan fingerprint density at radius 2 is 0.750 bits per heavy atom. The zero-order valence-corrected chi connectivity index (χ0v) is 18.0. The molecule has 3 aliphatic carbocycles. The number of alkyl halides is 4. The Labute approximate surface area is 165 Å². The van der Waals surface area contributed by atoms with E-state index >= 15 is 0 Å². The van der Waals surface area contributed by atoms with Crippen LogP contribution in [0.4, 0.5) is 0 Å². The molecule has 0 aliphatic heterocycles. The molecule has 4 atom stereocenters. The molecule has 24 heavy (non-hydrogen) atoms. The third-order valence-electron chi connectivity index (χ3n) is 6.71. The van der Waals surface area contributed by atoms with E-state index in [2.05, 4.69) is 38.2 Å². The van der Waals surface area contributed by atoms with E-state index in [1.54, 1.807) is 0 Å². The molecule has 0 bridgehead atoms. The molecule has 0 nitrogen and oxygen atoms in total. The fraction of sp³-hybridized carbons (Fsp3) is 0.600. The van der Waals surface area contributed by atoms with Gasteiger partial charge in [-0.05, 0) is 50.0 Å². The molecular weight excluding hydrogens is 382 g/mol. The van der Waals surface area contributed by atoms with E-state index in [1.165, 1.54) is 22.3 Å². The lowest BCUT2D eigenvalue weighted by Crippen LogP contribution is -2.34. The molecule has 0 saturated heterocycles. The second-order valence-electron chi connectivity index (χ2n) is 7.11. The predicted octanol–water partition coefficient (Wildman–Crippen LogP) is 7.41. The van der Waals surface area contributed by atoms with E-state index in [0.29, 0.717) is 0 Å². The number of halogens is 4. The highest BCUT2D eigenvalue weighted by atomic mass is 35.5. The van der Waals surface area contributed by atoms with Crippen LogP contribution < -0.4 is 0 Å². The lowest BCUT2D eigenvalue weighted by Gasteiger charge is -2.42. The molecule has 0 radical (unpaired) electrons. The first kappa shape index (κ1) is 18.9. The van der Waals surface area contributed by atoms with Gasteiger partial charge >= 0.3 is 0 Å². The maximum absolute atomic E-state index is 6.80. The summed E-state index contributed by atoms with van der Waals surface area (Å²) in [5, 5.41) is 0. The zero-order chi connectivity index (χ0) is 18.3. The fourth-order valence-electron chi connectivity index (χ4n) is 5.47. The molecule has 3 saturated carbocycles. The van der Waals surface area contributed by atoms with Crippen molar-refractivity contribution in [2.45, 2.75) is 50.2 Å². The number of hydrogen-bond acceptors (Lipinski definition) is 0. The Hall–Kier alpha value is 0.120. The number of allylic oxidation sites excluding steroid dienone is 8. The van der Waals surface area contributed by atoms with Gasteiger partial charge in [0.1, 0.15) is 8.67 Å². The summed E-state index contributed by atoms with van der Waals surface area (Å²) >= 11 is 27.2. The molecular formula is C20H24Cl4. The van der Waals surface area contributed by atoms with Gasteiger partial charge < -0.3 is 0 Å². The normalized spacial score (nSPS) is 48.9. The van der Waals surface area contributed by atoms with E-state index in [1.807, 2.05) is 27.7 Å². The third kappa shape index (κ3) is 1.62. The predicted molar refractivity (Wildman–Crippen MR) is 107 cm³/mol. The van der Waals surface area contributed by atoms with E-state index in [4.69, 9.17) is 46.4 Å². The van der Waals surface area contributed by atoms with Crippen LogP contribution in [0.3, 0.4) is 0 Å². The first-order valence-corrected chi connectivity index (χ1v) is 10.0. The molecule has 0 N–H and O–H groups in total. The van der Waals surface area contributed by atoms with Crippen LogP contribution in [0.5, 0.6) is 0 Å². The highest BCUT2D eigenvalue weighted by Crippen LogP contribution is 2.88. The maximum atomic E-state index is 6.80. The Kier molecular flexibility index (Phi) is 4.19. The Morgan fingerprint density at radius 3 is 0.833 bits per heavy atom. The zero-order valence-electron chi connectivity index (χ0n) is 15.0. The van der Waals surface area contributed by atoms with Crippen LogP contribution in [-0.2, 0) is 0 Å². The van der Waals surface area contributed by atoms with Crippen LogP contribution in [0.2, 0.25) is 0 Å². The van der Waals surface area contributed by atoms with E-state index in [0.717, 1.165) is 0 Å². The SMILES string of the molecule is C/C=C1/C(=C\C)C2(C(=C\C)/C(=C\C)C13[C@H](C)C3(Cl)Cl)[C@@H](C)C2(Cl)Cl. The van der Waals surface area contributed by atoms with Gasteiger partial charge in [0.25, 0.3) is 0 Å². The topological polar surface area (TPSA) is 0 Å². The second kappa shape index (κ2) is 5.32. The van der Waals surface area contributed by atoms with Gasteiger partial charge in [-0.2, -0.15) is 0 Å². The molecule has 0 heterocycles. The van der Waals surface area contributed by atoms with Crippen LogP contribution in [0.25, 0.3) is 0 Å². The smallest absolute Gasteiger partial charge is 0.0999 e. The number of rotatable bonds is 0. The first-order chi connectivity index (χ1) is 11.1. The fourth-order valence-corrected chi connectivity index (χ4v) is 7.37. The van der Waals surface area contributed by atoms with Crippen LogP contribution in [0.15, 0.2) is 46.6 Å². The second-order valence-corrected chi connectivity index (χ2v) is 9.89. The van der Waals surface area contributed by atoms with Crippen LogP contribution in [0.1, 0.15) is 41.5 Å². The molecule has 132 valence electrons. The summed E-state index contributed by atoms with van der Waals surface area (Å²) in [4.78, 5) is 0. The van der Waals surface area contributed by atoms with Crippen molar-refractivity contribution in [2.75, 3.05) is 0 Å². The molecule has 0 amide bonds. The van der Waals surface area contributed by atoms with E-state index < -0.39 is 8.67 Å². The van der Waals surface area contributed by atoms with Crippen molar-refractivity contribution < 1.29 is 0 Å². The summed E-state index contributed by atoms with van der Waals surface area (Å²) in [6.07, 6.45) is 8.58. The van der Waals surface area contributed by atoms with Crippen molar-refractivity contribution in [1.82, 2.24) is 0 Å². The Morgan fingerprint density at radius 1 is 0.583 bits per heavy atom. The molecule has 2 unspecified atom stereocenters. The van der Waals surface area contributed by atoms with E-state index in [-0.39, 0.29) is 22.7 Å². The Bertz CT molecular complexity index is 620. The number of hydrogen-bond donors (Lipinski definition) is 0. The van der Waals surface area contributed by atoms with Gasteiger partial charge in [0.2, 0.25) is 0 Å². The van der Waals surface area contributed by atoms with Crippen molar-refractivity contribution in [3.05, 3.63) is 46.6 Å². The minimum atomic E-state index is -0.819. The summed E-state index contributed by atoms with van der Waals surface area (Å²) < 4.78 is -1.64. The highest BCUT2D eigenvalue weighted by molar-refractivity contribution is 6.54. The van der Waals surface area contributed by atoms with Crippen molar-refractivity contribution >= 4 is 46.4 Å². The summed E-state index contributed by atoms with van der Waals surface area (Å²) in [5.41, 5.74) is 3.93. The molecule has 0 aromatic carbocycles. The van der Waals surface area contributed by atoms with Gasteiger partial charge in [0.05, 0.1) is 10.8 Å². The molecule has 3 rings (SSSR count). The summed E-state index contributed by atoms with van der Waals surface area (Å²) in [5.74, 6) is 0.254. The highest BCUT2D eigenvalue weighted by Gasteiger charge is 2.86. The lowest BCUT2D eigenvalue weighted by molar-refractivity contribution is 0.527. The quantitative estimate of drug-likeness (QED) is 0.368. The van der Waals surface area contributed by atoms with Gasteiger partial charge in [-0.15, -0.1) is 0 Å². The minimum absolute atomic E-state index is 0.127. The molecule has 0 aromatic rings. The van der Waals surface area contributed by atoms with Crippen molar-refractivity contribution in [3.63, 3.8) is 0 Å². The summed E-state index contributed by atoms with van der Waals surface area (Å²) in [7, 11) is 0. The maximum Gasteiger partial charge on any atom is 0.136 e. The van der Waals surface area contributed by atoms with Crippen molar-refractivity contribution in [2.24, 2.45) is 22.7 Å².